The summed E-state index contributed by atoms with van der Waals surface area (Å²) in [7, 11) is 0. The van der Waals surface area contributed by atoms with E-state index in [0.717, 1.165) is 0 Å². The van der Waals surface area contributed by atoms with Gasteiger partial charge < -0.3 is 0 Å². The molecular formula is C8H10F2. The molecule has 0 aliphatic heterocycles. The zero-order valence-corrected chi connectivity index (χ0v) is 6.07. The summed E-state index contributed by atoms with van der Waals surface area (Å²) in [6, 6.07) is 0. The first-order valence-electron chi connectivity index (χ1n) is 2.97. The van der Waals surface area contributed by atoms with Crippen LogP contribution in [0.1, 0.15) is 13.8 Å². The second-order valence-corrected chi connectivity index (χ2v) is 1.86. The van der Waals surface area contributed by atoms with Crippen molar-refractivity contribution in [2.24, 2.45) is 0 Å². The number of halogens is 2. The predicted octanol–water partition coefficient (Wildman–Crippen LogP) is 3.29. The van der Waals surface area contributed by atoms with Gasteiger partial charge in [0.05, 0.1) is 6.33 Å². The standard InChI is InChI=1S/C8H10F2/c1-3-8(10)5-4-7(2)6-9/h3-6H,1-2H3/b5-4-,7-6+,8-3+. The van der Waals surface area contributed by atoms with Gasteiger partial charge >= 0.3 is 0 Å². The van der Waals surface area contributed by atoms with Crippen molar-refractivity contribution in [2.45, 2.75) is 13.8 Å². The van der Waals surface area contributed by atoms with Crippen LogP contribution in [-0.2, 0) is 0 Å². The van der Waals surface area contributed by atoms with Crippen LogP contribution in [-0.4, -0.2) is 0 Å². The second-order valence-electron chi connectivity index (χ2n) is 1.86. The number of rotatable bonds is 2. The third-order valence-electron chi connectivity index (χ3n) is 0.953. The molecule has 10 heavy (non-hydrogen) atoms. The maximum Gasteiger partial charge on any atom is 0.118 e. The zero-order chi connectivity index (χ0) is 7.98. The van der Waals surface area contributed by atoms with Crippen LogP contribution in [0.4, 0.5) is 8.78 Å². The molecule has 2 heteroatoms. The summed E-state index contributed by atoms with van der Waals surface area (Å²) in [4.78, 5) is 0. The predicted molar refractivity (Wildman–Crippen MR) is 38.9 cm³/mol. The van der Waals surface area contributed by atoms with Crippen LogP contribution in [0.3, 0.4) is 0 Å². The molecule has 0 rings (SSSR count). The molecule has 0 fully saturated rings. The van der Waals surface area contributed by atoms with Crippen molar-refractivity contribution in [3.63, 3.8) is 0 Å². The summed E-state index contributed by atoms with van der Waals surface area (Å²) >= 11 is 0. The Bertz CT molecular complexity index is 156. The fraction of sp³-hybridized carbons (Fsp3) is 0.250. The smallest absolute Gasteiger partial charge is 0.118 e. The van der Waals surface area contributed by atoms with E-state index in [9.17, 15) is 8.78 Å². The van der Waals surface area contributed by atoms with Gasteiger partial charge in [0.1, 0.15) is 5.83 Å². The first kappa shape index (κ1) is 9.08. The Morgan fingerprint density at radius 3 is 2.30 bits per heavy atom. The van der Waals surface area contributed by atoms with E-state index in [1.165, 1.54) is 18.2 Å². The monoisotopic (exact) mass is 144 g/mol. The Labute approximate surface area is 59.6 Å². The lowest BCUT2D eigenvalue weighted by atomic mass is 10.3. The molecule has 0 N–H and O–H groups in total. The molecule has 0 nitrogen and oxygen atoms in total. The normalized spacial score (nSPS) is 14.8. The molecule has 0 bridgehead atoms. The molecule has 0 aromatic rings. The lowest BCUT2D eigenvalue weighted by Crippen LogP contribution is -1.66. The van der Waals surface area contributed by atoms with E-state index < -0.39 is 0 Å². The van der Waals surface area contributed by atoms with Gasteiger partial charge in [0, 0.05) is 0 Å². The van der Waals surface area contributed by atoms with Crippen LogP contribution < -0.4 is 0 Å². The average molecular weight is 144 g/mol. The van der Waals surface area contributed by atoms with Crippen molar-refractivity contribution in [2.75, 3.05) is 0 Å². The van der Waals surface area contributed by atoms with Gasteiger partial charge in [-0.15, -0.1) is 0 Å². The molecule has 0 aromatic carbocycles. The quantitative estimate of drug-likeness (QED) is 0.521. The molecule has 56 valence electrons. The Hall–Kier alpha value is -0.920. The van der Waals surface area contributed by atoms with Gasteiger partial charge in [-0.25, -0.2) is 8.78 Å². The molecule has 0 saturated carbocycles. The molecule has 0 radical (unpaired) electrons. The highest BCUT2D eigenvalue weighted by atomic mass is 19.1. The maximum atomic E-state index is 12.3. The van der Waals surface area contributed by atoms with Crippen molar-refractivity contribution in [3.05, 3.63) is 36.0 Å². The van der Waals surface area contributed by atoms with Crippen molar-refractivity contribution >= 4 is 0 Å². The lowest BCUT2D eigenvalue weighted by molar-refractivity contribution is 0.664. The van der Waals surface area contributed by atoms with Gasteiger partial charge in [-0.1, -0.05) is 12.2 Å². The zero-order valence-electron chi connectivity index (χ0n) is 6.07. The van der Waals surface area contributed by atoms with E-state index in [2.05, 4.69) is 0 Å². The molecule has 0 aliphatic rings. The van der Waals surface area contributed by atoms with Crippen LogP contribution in [0.25, 0.3) is 0 Å². The van der Waals surface area contributed by atoms with Crippen LogP contribution in [0.2, 0.25) is 0 Å². The molecule has 0 unspecified atom stereocenters. The first-order valence-corrected chi connectivity index (χ1v) is 2.97. The van der Waals surface area contributed by atoms with Crippen molar-refractivity contribution in [1.29, 1.82) is 0 Å². The Morgan fingerprint density at radius 1 is 1.30 bits per heavy atom. The fourth-order valence-electron chi connectivity index (χ4n) is 0.344. The second kappa shape index (κ2) is 4.91. The lowest BCUT2D eigenvalue weighted by Gasteiger charge is -1.84. The van der Waals surface area contributed by atoms with Crippen LogP contribution in [0, 0.1) is 0 Å². The third kappa shape index (κ3) is 4.01. The van der Waals surface area contributed by atoms with E-state index in [1.54, 1.807) is 13.8 Å². The Balaban J connectivity index is 4.01. The number of hydrogen-bond acceptors (Lipinski definition) is 0. The maximum absolute atomic E-state index is 12.3. The number of hydrogen-bond donors (Lipinski definition) is 0. The molecule has 0 spiro atoms. The summed E-state index contributed by atoms with van der Waals surface area (Å²) in [5.41, 5.74) is 0.400. The van der Waals surface area contributed by atoms with Crippen molar-refractivity contribution in [1.82, 2.24) is 0 Å². The molecule has 0 atom stereocenters. The SMILES string of the molecule is C\C=C(F)/C=C\C(C)=C\F. The molecule has 0 amide bonds. The third-order valence-corrected chi connectivity index (χ3v) is 0.953. The van der Waals surface area contributed by atoms with Crippen molar-refractivity contribution < 1.29 is 8.78 Å². The summed E-state index contributed by atoms with van der Waals surface area (Å²) < 4.78 is 23.8. The minimum absolute atomic E-state index is 0.360. The Kier molecular flexibility index (Phi) is 4.46. The minimum Gasteiger partial charge on any atom is -0.215 e. The molecule has 0 saturated heterocycles. The minimum atomic E-state index is -0.360. The van der Waals surface area contributed by atoms with Gasteiger partial charge in [-0.3, -0.25) is 0 Å². The first-order chi connectivity index (χ1) is 4.70. The van der Waals surface area contributed by atoms with Gasteiger partial charge in [-0.2, -0.15) is 0 Å². The molecule has 0 heterocycles. The summed E-state index contributed by atoms with van der Waals surface area (Å²) in [6.07, 6.45) is 4.32. The Morgan fingerprint density at radius 2 is 1.90 bits per heavy atom. The van der Waals surface area contributed by atoms with Gasteiger partial charge in [-0.05, 0) is 25.5 Å². The highest BCUT2D eigenvalue weighted by Crippen LogP contribution is 2.01. The average Bonchev–Trinajstić information content (AvgIpc) is 1.99. The van der Waals surface area contributed by atoms with Gasteiger partial charge in [0.15, 0.2) is 0 Å². The van der Waals surface area contributed by atoms with E-state index in [-0.39, 0.29) is 5.83 Å². The molecule has 0 aromatic heterocycles. The topological polar surface area (TPSA) is 0 Å². The van der Waals surface area contributed by atoms with E-state index in [1.807, 2.05) is 0 Å². The number of allylic oxidation sites excluding steroid dienone is 5. The van der Waals surface area contributed by atoms with E-state index >= 15 is 0 Å². The summed E-state index contributed by atoms with van der Waals surface area (Å²) in [5.74, 6) is -0.360. The van der Waals surface area contributed by atoms with Crippen LogP contribution >= 0.6 is 0 Å². The molecular weight excluding hydrogens is 134 g/mol. The fourth-order valence-corrected chi connectivity index (χ4v) is 0.344. The van der Waals surface area contributed by atoms with E-state index in [4.69, 9.17) is 0 Å². The highest BCUT2D eigenvalue weighted by Gasteiger charge is 1.83. The van der Waals surface area contributed by atoms with Crippen molar-refractivity contribution in [3.8, 4) is 0 Å². The largest absolute Gasteiger partial charge is 0.215 e. The van der Waals surface area contributed by atoms with Gasteiger partial charge in [0.25, 0.3) is 0 Å². The summed E-state index contributed by atoms with van der Waals surface area (Å²) in [6.45, 7) is 3.13. The van der Waals surface area contributed by atoms with Gasteiger partial charge in [0.2, 0.25) is 0 Å². The van der Waals surface area contributed by atoms with Crippen LogP contribution in [0.5, 0.6) is 0 Å². The van der Waals surface area contributed by atoms with Crippen LogP contribution in [0.15, 0.2) is 36.0 Å². The highest BCUT2D eigenvalue weighted by molar-refractivity contribution is 5.21. The molecule has 0 aliphatic carbocycles. The summed E-state index contributed by atoms with van der Waals surface area (Å²) in [5, 5.41) is 0. The van der Waals surface area contributed by atoms with E-state index in [0.29, 0.717) is 11.9 Å².